The van der Waals surface area contributed by atoms with Gasteiger partial charge in [-0.2, -0.15) is 0 Å². The number of rotatable bonds is 5. The van der Waals surface area contributed by atoms with Gasteiger partial charge in [0.25, 0.3) is 0 Å². The molecular formula is C14H28N2O2. The van der Waals surface area contributed by atoms with Gasteiger partial charge in [-0.25, -0.2) is 0 Å². The molecule has 1 saturated heterocycles. The molecule has 106 valence electrons. The molecule has 0 radical (unpaired) electrons. The summed E-state index contributed by atoms with van der Waals surface area (Å²) in [7, 11) is 0. The fourth-order valence-electron chi connectivity index (χ4n) is 2.35. The second-order valence-corrected chi connectivity index (χ2v) is 6.05. The summed E-state index contributed by atoms with van der Waals surface area (Å²) in [6, 6.07) is 0. The summed E-state index contributed by atoms with van der Waals surface area (Å²) in [4.78, 5) is 14.1. The van der Waals surface area contributed by atoms with Crippen molar-refractivity contribution in [3.05, 3.63) is 0 Å². The highest BCUT2D eigenvalue weighted by molar-refractivity contribution is 5.78. The largest absolute Gasteiger partial charge is 0.393 e. The molecule has 4 nitrogen and oxygen atoms in total. The molecule has 0 spiro atoms. The van der Waals surface area contributed by atoms with Gasteiger partial charge in [-0.15, -0.1) is 0 Å². The van der Waals surface area contributed by atoms with Crippen molar-refractivity contribution in [2.24, 2.45) is 5.92 Å². The van der Waals surface area contributed by atoms with Crippen LogP contribution in [0.4, 0.5) is 0 Å². The number of aliphatic hydroxyl groups is 1. The SMILES string of the molecule is CCC1CN(CC(=O)NC(C)(C)CC)CCC1O. The number of aliphatic hydroxyl groups excluding tert-OH is 1. The van der Waals surface area contributed by atoms with Crippen molar-refractivity contribution < 1.29 is 9.90 Å². The van der Waals surface area contributed by atoms with Crippen molar-refractivity contribution in [2.45, 2.75) is 58.6 Å². The van der Waals surface area contributed by atoms with Crippen molar-refractivity contribution in [3.8, 4) is 0 Å². The molecule has 0 bridgehead atoms. The van der Waals surface area contributed by atoms with Gasteiger partial charge in [-0.3, -0.25) is 9.69 Å². The second-order valence-electron chi connectivity index (χ2n) is 6.05. The fraction of sp³-hybridized carbons (Fsp3) is 0.929. The van der Waals surface area contributed by atoms with E-state index in [2.05, 4.69) is 24.1 Å². The van der Waals surface area contributed by atoms with E-state index >= 15 is 0 Å². The first-order valence-corrected chi connectivity index (χ1v) is 7.09. The highest BCUT2D eigenvalue weighted by atomic mass is 16.3. The minimum Gasteiger partial charge on any atom is -0.393 e. The van der Waals surface area contributed by atoms with Crippen LogP contribution >= 0.6 is 0 Å². The topological polar surface area (TPSA) is 52.6 Å². The van der Waals surface area contributed by atoms with Gasteiger partial charge in [-0.05, 0) is 39.0 Å². The van der Waals surface area contributed by atoms with Gasteiger partial charge < -0.3 is 10.4 Å². The van der Waals surface area contributed by atoms with Crippen LogP contribution in [0.3, 0.4) is 0 Å². The Labute approximate surface area is 111 Å². The molecule has 0 aliphatic carbocycles. The van der Waals surface area contributed by atoms with E-state index in [1.807, 2.05) is 13.8 Å². The quantitative estimate of drug-likeness (QED) is 0.781. The molecule has 0 saturated carbocycles. The lowest BCUT2D eigenvalue weighted by Gasteiger charge is -2.36. The zero-order chi connectivity index (χ0) is 13.8. The minimum atomic E-state index is -0.193. The minimum absolute atomic E-state index is 0.0908. The average molecular weight is 256 g/mol. The van der Waals surface area contributed by atoms with Crippen LogP contribution in [0, 0.1) is 5.92 Å². The fourth-order valence-corrected chi connectivity index (χ4v) is 2.35. The smallest absolute Gasteiger partial charge is 0.234 e. The van der Waals surface area contributed by atoms with Crippen LogP contribution < -0.4 is 5.32 Å². The number of likely N-dealkylation sites (tertiary alicyclic amines) is 1. The van der Waals surface area contributed by atoms with Gasteiger partial charge >= 0.3 is 0 Å². The number of carbonyl (C=O) groups excluding carboxylic acids is 1. The Bertz CT molecular complexity index is 279. The molecule has 2 unspecified atom stereocenters. The molecule has 18 heavy (non-hydrogen) atoms. The van der Waals surface area contributed by atoms with Crippen molar-refractivity contribution in [1.29, 1.82) is 0 Å². The first-order chi connectivity index (χ1) is 8.38. The number of hydrogen-bond acceptors (Lipinski definition) is 3. The summed E-state index contributed by atoms with van der Waals surface area (Å²) in [5.41, 5.74) is -0.128. The molecule has 1 amide bonds. The van der Waals surface area contributed by atoms with E-state index in [0.717, 1.165) is 32.4 Å². The summed E-state index contributed by atoms with van der Waals surface area (Å²) >= 11 is 0. The number of hydrogen-bond donors (Lipinski definition) is 2. The van der Waals surface area contributed by atoms with Crippen molar-refractivity contribution >= 4 is 5.91 Å². The van der Waals surface area contributed by atoms with Gasteiger partial charge in [0.15, 0.2) is 0 Å². The summed E-state index contributed by atoms with van der Waals surface area (Å²) in [6.45, 7) is 10.4. The maximum absolute atomic E-state index is 11.9. The Morgan fingerprint density at radius 3 is 2.67 bits per heavy atom. The van der Waals surface area contributed by atoms with Crippen LogP contribution in [0.25, 0.3) is 0 Å². The Balaban J connectivity index is 2.41. The van der Waals surface area contributed by atoms with Crippen molar-refractivity contribution in [2.75, 3.05) is 19.6 Å². The number of nitrogens with zero attached hydrogens (tertiary/aromatic N) is 1. The Morgan fingerprint density at radius 2 is 2.11 bits per heavy atom. The molecule has 0 aromatic carbocycles. The second kappa shape index (κ2) is 6.53. The Morgan fingerprint density at radius 1 is 1.44 bits per heavy atom. The van der Waals surface area contributed by atoms with E-state index in [0.29, 0.717) is 12.5 Å². The molecule has 1 aliphatic rings. The standard InChI is InChI=1S/C14H28N2O2/c1-5-11-9-16(8-7-12(11)17)10-13(18)15-14(3,4)6-2/h11-12,17H,5-10H2,1-4H3,(H,15,18). The monoisotopic (exact) mass is 256 g/mol. The van der Waals surface area contributed by atoms with Crippen LogP contribution in [0.15, 0.2) is 0 Å². The van der Waals surface area contributed by atoms with Crippen molar-refractivity contribution in [1.82, 2.24) is 10.2 Å². The molecule has 2 atom stereocenters. The van der Waals surface area contributed by atoms with Crippen molar-refractivity contribution in [3.63, 3.8) is 0 Å². The van der Waals surface area contributed by atoms with Crippen LogP contribution in [-0.2, 0) is 4.79 Å². The van der Waals surface area contributed by atoms with Gasteiger partial charge in [0.05, 0.1) is 12.6 Å². The van der Waals surface area contributed by atoms with Crippen LogP contribution in [0.2, 0.25) is 0 Å². The van der Waals surface area contributed by atoms with Gasteiger partial charge in [0.1, 0.15) is 0 Å². The van der Waals surface area contributed by atoms with Gasteiger partial charge in [0.2, 0.25) is 5.91 Å². The van der Waals surface area contributed by atoms with E-state index < -0.39 is 0 Å². The van der Waals surface area contributed by atoms with Gasteiger partial charge in [-0.1, -0.05) is 13.8 Å². The Hall–Kier alpha value is -0.610. The van der Waals surface area contributed by atoms with Gasteiger partial charge in [0, 0.05) is 18.6 Å². The molecule has 1 fully saturated rings. The lowest BCUT2D eigenvalue weighted by molar-refractivity contribution is -0.124. The molecule has 4 heteroatoms. The van der Waals surface area contributed by atoms with E-state index in [1.165, 1.54) is 0 Å². The van der Waals surface area contributed by atoms with E-state index in [1.54, 1.807) is 0 Å². The van der Waals surface area contributed by atoms with E-state index in [-0.39, 0.29) is 17.6 Å². The number of amides is 1. The Kier molecular flexibility index (Phi) is 5.60. The molecule has 2 N–H and O–H groups in total. The molecule has 1 heterocycles. The summed E-state index contributed by atoms with van der Waals surface area (Å²) in [5, 5.41) is 12.9. The molecule has 1 rings (SSSR count). The zero-order valence-electron chi connectivity index (χ0n) is 12.2. The lowest BCUT2D eigenvalue weighted by Crippen LogP contribution is -2.50. The number of nitrogens with one attached hydrogen (secondary N) is 1. The zero-order valence-corrected chi connectivity index (χ0v) is 12.2. The third-order valence-electron chi connectivity index (χ3n) is 4.03. The predicted octanol–water partition coefficient (Wildman–Crippen LogP) is 1.38. The van der Waals surface area contributed by atoms with Crippen LogP contribution in [0.1, 0.15) is 47.0 Å². The normalized spacial score (nSPS) is 26.1. The number of piperidine rings is 1. The summed E-state index contributed by atoms with van der Waals surface area (Å²) in [5.74, 6) is 0.402. The van der Waals surface area contributed by atoms with Crippen LogP contribution in [-0.4, -0.2) is 47.2 Å². The molecule has 0 aromatic rings. The molecule has 0 aromatic heterocycles. The number of carbonyl (C=O) groups is 1. The van der Waals surface area contributed by atoms with E-state index in [9.17, 15) is 9.90 Å². The maximum atomic E-state index is 11.9. The third kappa shape index (κ3) is 4.58. The average Bonchev–Trinajstić information content (AvgIpc) is 2.31. The lowest BCUT2D eigenvalue weighted by atomic mass is 9.92. The first-order valence-electron chi connectivity index (χ1n) is 7.09. The first kappa shape index (κ1) is 15.4. The molecular weight excluding hydrogens is 228 g/mol. The van der Waals surface area contributed by atoms with Crippen LogP contribution in [0.5, 0.6) is 0 Å². The molecule has 1 aliphatic heterocycles. The summed E-state index contributed by atoms with van der Waals surface area (Å²) in [6.07, 6.45) is 2.49. The highest BCUT2D eigenvalue weighted by Gasteiger charge is 2.28. The maximum Gasteiger partial charge on any atom is 0.234 e. The third-order valence-corrected chi connectivity index (χ3v) is 4.03. The highest BCUT2D eigenvalue weighted by Crippen LogP contribution is 2.19. The van der Waals surface area contributed by atoms with E-state index in [4.69, 9.17) is 0 Å². The predicted molar refractivity (Wildman–Crippen MR) is 73.4 cm³/mol. The summed E-state index contributed by atoms with van der Waals surface area (Å²) < 4.78 is 0.